The summed E-state index contributed by atoms with van der Waals surface area (Å²) in [6, 6.07) is 10.2. The van der Waals surface area contributed by atoms with E-state index < -0.39 is 32.2 Å². The molecule has 2 heterocycles. The first-order chi connectivity index (χ1) is 15.0. The molecule has 3 aromatic rings. The van der Waals surface area contributed by atoms with Crippen LogP contribution in [0.1, 0.15) is 11.1 Å². The minimum Gasteiger partial charge on any atom is -0.310 e. The highest BCUT2D eigenvalue weighted by molar-refractivity contribution is 7.92. The lowest BCUT2D eigenvalue weighted by Gasteiger charge is -2.18. The number of urea groups is 1. The van der Waals surface area contributed by atoms with Gasteiger partial charge in [0.1, 0.15) is 6.54 Å². The number of halogens is 3. The zero-order valence-electron chi connectivity index (χ0n) is 16.6. The van der Waals surface area contributed by atoms with Gasteiger partial charge >= 0.3 is 11.5 Å². The van der Waals surface area contributed by atoms with Gasteiger partial charge in [0.15, 0.2) is 0 Å². The van der Waals surface area contributed by atoms with Crippen molar-refractivity contribution in [1.82, 2.24) is 9.88 Å². The van der Waals surface area contributed by atoms with E-state index in [2.05, 4.69) is 4.98 Å². The van der Waals surface area contributed by atoms with Crippen LogP contribution in [0, 0.1) is 6.92 Å². The van der Waals surface area contributed by atoms with Gasteiger partial charge in [-0.15, -0.1) is 0 Å². The summed E-state index contributed by atoms with van der Waals surface area (Å²) in [6.07, 6.45) is 1.60. The number of aromatic nitrogens is 1. The van der Waals surface area contributed by atoms with E-state index in [1.807, 2.05) is 25.1 Å². The lowest BCUT2D eigenvalue weighted by molar-refractivity contribution is -0.116. The fourth-order valence-electron chi connectivity index (χ4n) is 3.50. The van der Waals surface area contributed by atoms with E-state index in [0.717, 1.165) is 51.2 Å². The number of nitrogens with zero attached hydrogens (tertiary/aromatic N) is 3. The zero-order valence-corrected chi connectivity index (χ0v) is 17.4. The number of benzene rings is 2. The summed E-state index contributed by atoms with van der Waals surface area (Å²) in [5.74, 6) is -0.573. The van der Waals surface area contributed by atoms with E-state index in [0.29, 0.717) is 0 Å². The molecule has 2 aromatic carbocycles. The maximum Gasteiger partial charge on any atom is 0.501 e. The molecular weight excluding hydrogens is 447 g/mol. The summed E-state index contributed by atoms with van der Waals surface area (Å²) in [4.78, 5) is 30.8. The number of hydrogen-bond donors (Lipinski definition) is 0. The lowest BCUT2D eigenvalue weighted by Crippen LogP contribution is -2.33. The number of carbonyl (C=O) groups excluding carboxylic acids is 2. The minimum absolute atomic E-state index is 0.0148. The summed E-state index contributed by atoms with van der Waals surface area (Å²) in [5.41, 5.74) is -2.93. The second-order valence-corrected chi connectivity index (χ2v) is 9.24. The molecule has 32 heavy (non-hydrogen) atoms. The Labute approximate surface area is 181 Å². The summed E-state index contributed by atoms with van der Waals surface area (Å²) in [7, 11) is -5.52. The van der Waals surface area contributed by atoms with Crippen molar-refractivity contribution in [2.24, 2.45) is 0 Å². The Morgan fingerprint density at radius 2 is 1.72 bits per heavy atom. The van der Waals surface area contributed by atoms with Crippen LogP contribution in [0.15, 0.2) is 59.6 Å². The number of hydrogen-bond acceptors (Lipinski definition) is 5. The Hall–Kier alpha value is -3.47. The van der Waals surface area contributed by atoms with Gasteiger partial charge in [-0.1, -0.05) is 11.6 Å². The maximum atomic E-state index is 12.9. The van der Waals surface area contributed by atoms with Crippen molar-refractivity contribution >= 4 is 38.4 Å². The number of anilines is 1. The van der Waals surface area contributed by atoms with Crippen molar-refractivity contribution in [2.75, 3.05) is 11.4 Å². The first-order valence-electron chi connectivity index (χ1n) is 9.36. The molecule has 1 aliphatic heterocycles. The second kappa shape index (κ2) is 7.59. The number of amides is 3. The molecule has 0 unspecified atom stereocenters. The van der Waals surface area contributed by atoms with E-state index in [4.69, 9.17) is 0 Å². The van der Waals surface area contributed by atoms with Gasteiger partial charge in [0.25, 0.3) is 15.7 Å². The number of imide groups is 1. The molecule has 1 aliphatic rings. The van der Waals surface area contributed by atoms with Crippen molar-refractivity contribution in [1.29, 1.82) is 0 Å². The quantitative estimate of drug-likeness (QED) is 0.549. The van der Waals surface area contributed by atoms with Crippen LogP contribution in [0.3, 0.4) is 0 Å². The summed E-state index contributed by atoms with van der Waals surface area (Å²) in [5, 5.41) is 0.841. The van der Waals surface area contributed by atoms with Crippen molar-refractivity contribution in [2.45, 2.75) is 23.9 Å². The van der Waals surface area contributed by atoms with Gasteiger partial charge in [0, 0.05) is 18.1 Å². The fraction of sp³-hybridized carbons (Fsp3) is 0.190. The highest BCUT2D eigenvalue weighted by Gasteiger charge is 2.47. The number of pyridine rings is 1. The standard InChI is InChI=1S/C21H16F3N3O4S/c1-13-2-7-18-17(10-13)14(8-9-25-18)11-26-12-19(28)27(20(26)29)15-3-5-16(6-4-15)32(30,31)21(22,23)24/h2-10H,11-12H2,1H3. The van der Waals surface area contributed by atoms with Crippen molar-refractivity contribution < 1.29 is 31.2 Å². The van der Waals surface area contributed by atoms with E-state index in [9.17, 15) is 31.2 Å². The number of sulfone groups is 1. The zero-order chi connectivity index (χ0) is 23.3. The molecule has 0 aliphatic carbocycles. The molecule has 1 aromatic heterocycles. The molecular formula is C21H16F3N3O4S. The van der Waals surface area contributed by atoms with Crippen LogP contribution in [0.2, 0.25) is 0 Å². The summed E-state index contributed by atoms with van der Waals surface area (Å²) < 4.78 is 61.2. The molecule has 0 spiro atoms. The van der Waals surface area contributed by atoms with Gasteiger partial charge in [0.05, 0.1) is 16.1 Å². The van der Waals surface area contributed by atoms with Crippen LogP contribution in [0.25, 0.3) is 10.9 Å². The average molecular weight is 463 g/mol. The number of aryl methyl sites for hydroxylation is 1. The number of rotatable bonds is 4. The van der Waals surface area contributed by atoms with Crippen LogP contribution in [-0.4, -0.2) is 42.3 Å². The summed E-state index contributed by atoms with van der Waals surface area (Å²) >= 11 is 0. The third-order valence-corrected chi connectivity index (χ3v) is 6.60. The maximum absolute atomic E-state index is 12.9. The SMILES string of the molecule is Cc1ccc2nccc(CN3CC(=O)N(c4ccc(S(=O)(=O)C(F)(F)F)cc4)C3=O)c2c1. The van der Waals surface area contributed by atoms with Gasteiger partial charge in [-0.2, -0.15) is 13.2 Å². The first-order valence-corrected chi connectivity index (χ1v) is 10.8. The second-order valence-electron chi connectivity index (χ2n) is 7.30. The Balaban J connectivity index is 1.60. The van der Waals surface area contributed by atoms with E-state index >= 15 is 0 Å². The fourth-order valence-corrected chi connectivity index (χ4v) is 4.26. The smallest absolute Gasteiger partial charge is 0.310 e. The molecule has 4 rings (SSSR count). The molecule has 0 saturated carbocycles. The number of carbonyl (C=O) groups is 2. The molecule has 11 heteroatoms. The molecule has 0 radical (unpaired) electrons. The van der Waals surface area contributed by atoms with E-state index in [1.165, 1.54) is 4.90 Å². The van der Waals surface area contributed by atoms with E-state index in [1.54, 1.807) is 12.3 Å². The van der Waals surface area contributed by atoms with E-state index in [-0.39, 0.29) is 18.8 Å². The Bertz CT molecular complexity index is 1340. The van der Waals surface area contributed by atoms with Gasteiger partial charge < -0.3 is 4.90 Å². The van der Waals surface area contributed by atoms with Crippen LogP contribution < -0.4 is 4.90 Å². The van der Waals surface area contributed by atoms with Crippen LogP contribution >= 0.6 is 0 Å². The molecule has 166 valence electrons. The molecule has 7 nitrogen and oxygen atoms in total. The number of alkyl halides is 3. The van der Waals surface area contributed by atoms with Crippen LogP contribution in [0.4, 0.5) is 23.7 Å². The monoisotopic (exact) mass is 463 g/mol. The highest BCUT2D eigenvalue weighted by Crippen LogP contribution is 2.32. The molecule has 0 N–H and O–H groups in total. The molecule has 0 bridgehead atoms. The largest absolute Gasteiger partial charge is 0.501 e. The Morgan fingerprint density at radius 3 is 2.38 bits per heavy atom. The highest BCUT2D eigenvalue weighted by atomic mass is 32.2. The minimum atomic E-state index is -5.52. The Kier molecular flexibility index (Phi) is 5.16. The van der Waals surface area contributed by atoms with Crippen molar-refractivity contribution in [3.05, 3.63) is 65.9 Å². The topological polar surface area (TPSA) is 87.7 Å². The van der Waals surface area contributed by atoms with Gasteiger partial charge in [0.2, 0.25) is 0 Å². The predicted molar refractivity (Wildman–Crippen MR) is 109 cm³/mol. The van der Waals surface area contributed by atoms with Crippen LogP contribution in [0.5, 0.6) is 0 Å². The first kappa shape index (κ1) is 21.8. The van der Waals surface area contributed by atoms with Gasteiger partial charge in [-0.25, -0.2) is 18.1 Å². The summed E-state index contributed by atoms with van der Waals surface area (Å²) in [6.45, 7) is 1.83. The normalized spacial score (nSPS) is 15.1. The predicted octanol–water partition coefficient (Wildman–Crippen LogP) is 3.81. The van der Waals surface area contributed by atoms with Crippen LogP contribution in [-0.2, 0) is 21.2 Å². The third kappa shape index (κ3) is 3.68. The molecule has 0 atom stereocenters. The average Bonchev–Trinajstić information content (AvgIpc) is 3.00. The molecule has 1 saturated heterocycles. The van der Waals surface area contributed by atoms with Gasteiger partial charge in [-0.3, -0.25) is 9.78 Å². The van der Waals surface area contributed by atoms with Gasteiger partial charge in [-0.05, 0) is 55.0 Å². The Morgan fingerprint density at radius 1 is 1.03 bits per heavy atom. The number of fused-ring (bicyclic) bond motifs is 1. The lowest BCUT2D eigenvalue weighted by atomic mass is 10.1. The van der Waals surface area contributed by atoms with Crippen molar-refractivity contribution in [3.63, 3.8) is 0 Å². The third-order valence-electron chi connectivity index (χ3n) is 5.10. The van der Waals surface area contributed by atoms with Crippen molar-refractivity contribution in [3.8, 4) is 0 Å². The molecule has 3 amide bonds. The molecule has 1 fully saturated rings.